The van der Waals surface area contributed by atoms with Gasteiger partial charge in [0.05, 0.1) is 0 Å². The number of aliphatic imine (C=N–C) groups is 2. The fraction of sp³-hybridized carbons (Fsp3) is 0.444. The minimum atomic E-state index is -1.37. The quantitative estimate of drug-likeness (QED) is 0.279. The second-order valence-corrected chi connectivity index (χ2v) is 14.4. The molecule has 0 aliphatic carbocycles. The van der Waals surface area contributed by atoms with Crippen molar-refractivity contribution in [2.75, 3.05) is 0 Å². The standard InChI is InChI=1S/C36H44N4.Sn/c1-9-21-22(10-2)30-18-32-25(13-5)26(14-6)34(39-32)20-36-28(16-8)27(15-7)35(40-36)19-33-24(12-4)23(11-3)31(38-33)17-29(21)37-30;/h17-20H,9-16H2,1-8H3;/q-2;+2. The molecule has 0 N–H and O–H groups in total. The van der Waals surface area contributed by atoms with Crippen molar-refractivity contribution in [1.82, 2.24) is 5.58 Å². The molecule has 0 unspecified atom stereocenters. The van der Waals surface area contributed by atoms with Crippen LogP contribution in [0.2, 0.25) is 0 Å². The molecule has 2 radical (unpaired) electrons. The number of allylic oxidation sites excluding steroid dienone is 4. The zero-order valence-corrected chi connectivity index (χ0v) is 29.1. The zero-order chi connectivity index (χ0) is 29.0. The number of rotatable bonds is 8. The Bertz CT molecular complexity index is 1650. The number of nitrogens with zero attached hydrogens (tertiary/aromatic N) is 4. The molecule has 212 valence electrons. The van der Waals surface area contributed by atoms with E-state index in [0.29, 0.717) is 0 Å². The van der Waals surface area contributed by atoms with E-state index in [1.165, 1.54) is 89.4 Å². The summed E-state index contributed by atoms with van der Waals surface area (Å²) in [4.78, 5) is 10.8. The third-order valence-corrected chi connectivity index (χ3v) is 13.4. The summed E-state index contributed by atoms with van der Waals surface area (Å²) in [5.74, 6) is 0. The number of hydrogen-bond acceptors (Lipinski definition) is 2. The van der Waals surface area contributed by atoms with Gasteiger partial charge in [-0.15, -0.1) is 0 Å². The van der Waals surface area contributed by atoms with Gasteiger partial charge in [-0.25, -0.2) is 0 Å². The molecule has 6 rings (SSSR count). The predicted octanol–water partition coefficient (Wildman–Crippen LogP) is 6.88. The van der Waals surface area contributed by atoms with Crippen LogP contribution in [0.5, 0.6) is 0 Å². The van der Waals surface area contributed by atoms with Crippen LogP contribution in [0.3, 0.4) is 0 Å². The minimum absolute atomic E-state index is 1.01. The van der Waals surface area contributed by atoms with E-state index in [-0.39, 0.29) is 0 Å². The van der Waals surface area contributed by atoms with Crippen LogP contribution in [0.1, 0.15) is 115 Å². The number of hydrogen-bond donors (Lipinski definition) is 0. The molecule has 4 nitrogen and oxygen atoms in total. The molecular weight excluding hydrogens is 607 g/mol. The van der Waals surface area contributed by atoms with Crippen molar-refractivity contribution in [3.63, 3.8) is 0 Å². The molecule has 41 heavy (non-hydrogen) atoms. The summed E-state index contributed by atoms with van der Waals surface area (Å²) >= 11 is -1.37. The fourth-order valence-electron chi connectivity index (χ4n) is 7.64. The molecule has 0 spiro atoms. The van der Waals surface area contributed by atoms with Gasteiger partial charge in [-0.05, 0) is 0 Å². The van der Waals surface area contributed by atoms with Gasteiger partial charge in [0.2, 0.25) is 0 Å². The normalized spacial score (nSPS) is 17.3. The SMILES string of the molecule is CCC1=C(CC)C2=NC1=Cc1c(CC)c(CC)c3[n]1[Sn][n]1c(c(CC)c(CC)c1=CC1=NC(=C3)C(CC)=C1CC)=C2. The van der Waals surface area contributed by atoms with Crippen molar-refractivity contribution >= 4 is 57.4 Å². The first-order valence-corrected chi connectivity index (χ1v) is 18.6. The Kier molecular flexibility index (Phi) is 7.82. The molecule has 4 aliphatic heterocycles. The molecule has 6 bridgehead atoms. The van der Waals surface area contributed by atoms with E-state index in [0.717, 1.165) is 51.4 Å². The van der Waals surface area contributed by atoms with Crippen molar-refractivity contribution in [2.24, 2.45) is 9.98 Å². The molecular formula is C36H44N4Sn. The van der Waals surface area contributed by atoms with Gasteiger partial charge in [-0.1, -0.05) is 0 Å². The molecule has 2 aromatic rings. The first-order chi connectivity index (χ1) is 20.0. The van der Waals surface area contributed by atoms with Crippen molar-refractivity contribution in [2.45, 2.75) is 107 Å². The summed E-state index contributed by atoms with van der Waals surface area (Å²) in [5, 5.41) is 2.79. The van der Waals surface area contributed by atoms with Crippen LogP contribution in [0.4, 0.5) is 0 Å². The Hall–Kier alpha value is -2.60. The molecule has 2 aromatic heterocycles. The van der Waals surface area contributed by atoms with Gasteiger partial charge in [0.25, 0.3) is 0 Å². The molecule has 4 aliphatic rings. The molecule has 6 heterocycles. The third kappa shape index (κ3) is 4.22. The second kappa shape index (κ2) is 11.2. The number of fused-ring (bicyclic) bond motifs is 2. The molecule has 0 saturated carbocycles. The van der Waals surface area contributed by atoms with E-state index in [9.17, 15) is 0 Å². The maximum atomic E-state index is 5.39. The van der Waals surface area contributed by atoms with Crippen LogP contribution in [-0.4, -0.2) is 38.7 Å². The molecule has 0 saturated heterocycles. The van der Waals surface area contributed by atoms with Crippen molar-refractivity contribution in [3.05, 3.63) is 78.0 Å². The van der Waals surface area contributed by atoms with Gasteiger partial charge in [0.15, 0.2) is 0 Å². The Balaban J connectivity index is 1.88. The molecule has 0 aromatic carbocycles. The first kappa shape index (κ1) is 28.5. The fourth-order valence-corrected chi connectivity index (χ4v) is 11.7. The molecule has 0 fully saturated rings. The van der Waals surface area contributed by atoms with E-state index < -0.39 is 21.7 Å². The average molecular weight is 651 g/mol. The Morgan fingerprint density at radius 1 is 0.463 bits per heavy atom. The van der Waals surface area contributed by atoms with Crippen molar-refractivity contribution < 1.29 is 0 Å². The van der Waals surface area contributed by atoms with E-state index in [1.54, 1.807) is 0 Å². The monoisotopic (exact) mass is 652 g/mol. The van der Waals surface area contributed by atoms with Gasteiger partial charge in [0.1, 0.15) is 0 Å². The van der Waals surface area contributed by atoms with E-state index in [1.807, 2.05) is 0 Å². The molecule has 5 heteroatoms. The van der Waals surface area contributed by atoms with Crippen LogP contribution < -0.4 is 10.7 Å². The number of aromatic nitrogens is 2. The van der Waals surface area contributed by atoms with Gasteiger partial charge in [-0.2, -0.15) is 0 Å². The van der Waals surface area contributed by atoms with E-state index in [4.69, 9.17) is 9.98 Å². The zero-order valence-electron chi connectivity index (χ0n) is 26.3. The van der Waals surface area contributed by atoms with Crippen molar-refractivity contribution in [3.8, 4) is 0 Å². The van der Waals surface area contributed by atoms with E-state index in [2.05, 4.69) is 85.3 Å². The molecule has 0 atom stereocenters. The Labute approximate surface area is 256 Å². The van der Waals surface area contributed by atoms with Gasteiger partial charge in [-0.3, -0.25) is 0 Å². The molecule has 0 amide bonds. The summed E-state index contributed by atoms with van der Waals surface area (Å²) in [6.07, 6.45) is 18.0. The summed E-state index contributed by atoms with van der Waals surface area (Å²) in [6.45, 7) is 18.5. The van der Waals surface area contributed by atoms with Crippen LogP contribution in [0, 0.1) is 0 Å². The topological polar surface area (TPSA) is 34.6 Å². The third-order valence-electron chi connectivity index (χ3n) is 9.50. The average Bonchev–Trinajstić information content (AvgIpc) is 3.67. The van der Waals surface area contributed by atoms with Gasteiger partial charge < -0.3 is 0 Å². The van der Waals surface area contributed by atoms with Gasteiger partial charge in [0, 0.05) is 0 Å². The van der Waals surface area contributed by atoms with Crippen LogP contribution in [-0.2, 0) is 25.7 Å². The summed E-state index contributed by atoms with van der Waals surface area (Å²) < 4.78 is 5.54. The second-order valence-electron chi connectivity index (χ2n) is 11.3. The van der Waals surface area contributed by atoms with Gasteiger partial charge >= 0.3 is 258 Å². The van der Waals surface area contributed by atoms with E-state index >= 15 is 0 Å². The maximum absolute atomic E-state index is 5.39. The first-order valence-electron chi connectivity index (χ1n) is 16.0. The van der Waals surface area contributed by atoms with Crippen molar-refractivity contribution in [1.29, 1.82) is 0 Å². The predicted molar refractivity (Wildman–Crippen MR) is 177 cm³/mol. The van der Waals surface area contributed by atoms with Crippen LogP contribution in [0.15, 0.2) is 43.7 Å². The van der Waals surface area contributed by atoms with Crippen LogP contribution in [0.25, 0.3) is 24.3 Å². The summed E-state index contributed by atoms with van der Waals surface area (Å²) in [7, 11) is 0. The summed E-state index contributed by atoms with van der Waals surface area (Å²) in [5.41, 5.74) is 19.2. The Morgan fingerprint density at radius 3 is 1.20 bits per heavy atom. The Morgan fingerprint density at radius 2 is 0.854 bits per heavy atom. The van der Waals surface area contributed by atoms with Crippen LogP contribution >= 0.6 is 0 Å². The summed E-state index contributed by atoms with van der Waals surface area (Å²) in [6, 6.07) is 0.